The fraction of sp³-hybridized carbons (Fsp3) is 0.867. The van der Waals surface area contributed by atoms with E-state index in [1.54, 1.807) is 0 Å². The smallest absolute Gasteiger partial charge is 0.323 e. The number of hydrogen-bond donors (Lipinski definition) is 1. The van der Waals surface area contributed by atoms with Crippen molar-refractivity contribution in [3.8, 4) is 0 Å². The maximum Gasteiger partial charge on any atom is 0.323 e. The molecule has 1 saturated heterocycles. The van der Waals surface area contributed by atoms with Gasteiger partial charge in [-0.3, -0.25) is 4.79 Å². The third-order valence-corrected chi connectivity index (χ3v) is 4.18. The Bertz CT molecular complexity index is 376. The molecule has 1 fully saturated rings. The lowest BCUT2D eigenvalue weighted by atomic mass is 9.86. The molecule has 116 valence electrons. The van der Waals surface area contributed by atoms with Crippen LogP contribution in [0.15, 0.2) is 0 Å². The quantitative estimate of drug-likeness (QED) is 0.848. The summed E-state index contributed by atoms with van der Waals surface area (Å²) in [5, 5.41) is 9.05. The third-order valence-electron chi connectivity index (χ3n) is 4.18. The van der Waals surface area contributed by atoms with Crippen molar-refractivity contribution in [1.82, 2.24) is 9.80 Å². The number of carbonyl (C=O) groups is 2. The highest BCUT2D eigenvalue weighted by Crippen LogP contribution is 2.29. The van der Waals surface area contributed by atoms with E-state index >= 15 is 0 Å². The second-order valence-corrected chi connectivity index (χ2v) is 7.14. The average molecular weight is 284 g/mol. The molecule has 0 saturated carbocycles. The summed E-state index contributed by atoms with van der Waals surface area (Å²) in [6.45, 7) is 12.4. The lowest BCUT2D eigenvalue weighted by Gasteiger charge is -2.45. The monoisotopic (exact) mass is 284 g/mol. The standard InChI is InChI=1S/C15H28N2O3/c1-10-7-11(2)12(3)16(8-10)14(20)17(9-13(18)19)15(4,5)6/h10-12H,7-9H2,1-6H3,(H,18,19). The highest BCUT2D eigenvalue weighted by Gasteiger charge is 2.38. The van der Waals surface area contributed by atoms with Gasteiger partial charge in [0.05, 0.1) is 0 Å². The van der Waals surface area contributed by atoms with Crippen molar-refractivity contribution in [1.29, 1.82) is 0 Å². The highest BCUT2D eigenvalue weighted by molar-refractivity contribution is 5.81. The number of nitrogens with zero attached hydrogens (tertiary/aromatic N) is 2. The third kappa shape index (κ3) is 3.87. The molecule has 0 aliphatic carbocycles. The first kappa shape index (κ1) is 16.8. The van der Waals surface area contributed by atoms with Gasteiger partial charge in [0.15, 0.2) is 0 Å². The number of amides is 2. The van der Waals surface area contributed by atoms with E-state index in [1.165, 1.54) is 4.90 Å². The predicted octanol–water partition coefficient (Wildman–Crippen LogP) is 2.66. The molecular weight excluding hydrogens is 256 g/mol. The SMILES string of the molecule is CC1CC(C)C(C)N(C(=O)N(CC(=O)O)C(C)(C)C)C1. The van der Waals surface area contributed by atoms with E-state index in [0.29, 0.717) is 18.4 Å². The molecule has 1 aliphatic rings. The number of urea groups is 1. The minimum atomic E-state index is -0.973. The van der Waals surface area contributed by atoms with Crippen molar-refractivity contribution in [2.45, 2.75) is 59.5 Å². The van der Waals surface area contributed by atoms with Gasteiger partial charge >= 0.3 is 12.0 Å². The molecule has 3 unspecified atom stereocenters. The van der Waals surface area contributed by atoms with Crippen molar-refractivity contribution in [3.63, 3.8) is 0 Å². The van der Waals surface area contributed by atoms with Gasteiger partial charge in [-0.2, -0.15) is 0 Å². The summed E-state index contributed by atoms with van der Waals surface area (Å²) in [7, 11) is 0. The second kappa shape index (κ2) is 6.02. The van der Waals surface area contributed by atoms with Crippen molar-refractivity contribution in [3.05, 3.63) is 0 Å². The molecule has 3 atom stereocenters. The van der Waals surface area contributed by atoms with E-state index in [-0.39, 0.29) is 18.6 Å². The number of rotatable bonds is 2. The molecule has 0 spiro atoms. The molecule has 1 rings (SSSR count). The summed E-state index contributed by atoms with van der Waals surface area (Å²) in [6, 6.07) is -0.0110. The summed E-state index contributed by atoms with van der Waals surface area (Å²) in [5.74, 6) is -0.0785. The van der Waals surface area contributed by atoms with Crippen LogP contribution in [-0.2, 0) is 4.79 Å². The number of piperidine rings is 1. The van der Waals surface area contributed by atoms with Crippen molar-refractivity contribution in [2.24, 2.45) is 11.8 Å². The van der Waals surface area contributed by atoms with Crippen LogP contribution >= 0.6 is 0 Å². The van der Waals surface area contributed by atoms with Crippen LogP contribution in [0.2, 0.25) is 0 Å². The Balaban J connectivity index is 2.96. The minimum absolute atomic E-state index is 0.150. The van der Waals surface area contributed by atoms with Crippen LogP contribution in [-0.4, -0.2) is 51.6 Å². The van der Waals surface area contributed by atoms with Gasteiger partial charge in [-0.1, -0.05) is 13.8 Å². The Morgan fingerprint density at radius 1 is 1.25 bits per heavy atom. The molecule has 1 heterocycles. The van der Waals surface area contributed by atoms with Gasteiger partial charge in [0.1, 0.15) is 6.54 Å². The van der Waals surface area contributed by atoms with Crippen molar-refractivity contribution >= 4 is 12.0 Å². The highest BCUT2D eigenvalue weighted by atomic mass is 16.4. The predicted molar refractivity (Wildman–Crippen MR) is 78.6 cm³/mol. The van der Waals surface area contributed by atoms with Crippen LogP contribution in [0.3, 0.4) is 0 Å². The molecule has 5 heteroatoms. The molecule has 1 N–H and O–H groups in total. The van der Waals surface area contributed by atoms with E-state index in [1.807, 2.05) is 25.7 Å². The van der Waals surface area contributed by atoms with Gasteiger partial charge in [-0.25, -0.2) is 4.79 Å². The molecule has 0 aromatic carbocycles. The molecule has 5 nitrogen and oxygen atoms in total. The molecule has 2 amide bonds. The molecule has 0 radical (unpaired) electrons. The van der Waals surface area contributed by atoms with Crippen LogP contribution in [0.1, 0.15) is 48.0 Å². The molecule has 0 bridgehead atoms. The Labute approximate surface area is 121 Å². The van der Waals surface area contributed by atoms with Crippen LogP contribution in [0, 0.1) is 11.8 Å². The molecule has 0 aromatic heterocycles. The zero-order chi connectivity index (χ0) is 15.7. The van der Waals surface area contributed by atoms with E-state index in [2.05, 4.69) is 20.8 Å². The van der Waals surface area contributed by atoms with Gasteiger partial charge in [-0.15, -0.1) is 0 Å². The number of hydrogen-bond acceptors (Lipinski definition) is 2. The first-order valence-corrected chi connectivity index (χ1v) is 7.34. The van der Waals surface area contributed by atoms with E-state index < -0.39 is 11.5 Å². The van der Waals surface area contributed by atoms with Crippen LogP contribution in [0.5, 0.6) is 0 Å². The maximum absolute atomic E-state index is 12.8. The Morgan fingerprint density at radius 2 is 1.80 bits per heavy atom. The number of likely N-dealkylation sites (tertiary alicyclic amines) is 1. The van der Waals surface area contributed by atoms with Gasteiger partial charge < -0.3 is 14.9 Å². The molecule has 1 aliphatic heterocycles. The van der Waals surface area contributed by atoms with E-state index in [9.17, 15) is 9.59 Å². The topological polar surface area (TPSA) is 60.9 Å². The summed E-state index contributed by atoms with van der Waals surface area (Å²) < 4.78 is 0. The Kier molecular flexibility index (Phi) is 5.05. The Morgan fingerprint density at radius 3 is 2.25 bits per heavy atom. The fourth-order valence-electron chi connectivity index (χ4n) is 2.85. The summed E-state index contributed by atoms with van der Waals surface area (Å²) in [5.41, 5.74) is -0.501. The zero-order valence-corrected chi connectivity index (χ0v) is 13.5. The molecule has 0 aromatic rings. The normalized spacial score (nSPS) is 27.3. The molecule has 20 heavy (non-hydrogen) atoms. The lowest BCUT2D eigenvalue weighted by Crippen LogP contribution is -2.58. The van der Waals surface area contributed by atoms with Gasteiger partial charge in [0.25, 0.3) is 0 Å². The minimum Gasteiger partial charge on any atom is -0.480 e. The van der Waals surface area contributed by atoms with Crippen LogP contribution in [0.4, 0.5) is 4.79 Å². The van der Waals surface area contributed by atoms with Crippen molar-refractivity contribution in [2.75, 3.05) is 13.1 Å². The van der Waals surface area contributed by atoms with Gasteiger partial charge in [0.2, 0.25) is 0 Å². The van der Waals surface area contributed by atoms with Gasteiger partial charge in [-0.05, 0) is 46.0 Å². The summed E-state index contributed by atoms with van der Waals surface area (Å²) >= 11 is 0. The van der Waals surface area contributed by atoms with Gasteiger partial charge in [0, 0.05) is 18.1 Å². The number of carboxylic acid groups (broad SMARTS) is 1. The maximum atomic E-state index is 12.8. The Hall–Kier alpha value is -1.26. The van der Waals surface area contributed by atoms with E-state index in [4.69, 9.17) is 5.11 Å². The largest absolute Gasteiger partial charge is 0.480 e. The number of carbonyl (C=O) groups excluding carboxylic acids is 1. The number of carboxylic acids is 1. The second-order valence-electron chi connectivity index (χ2n) is 7.14. The van der Waals surface area contributed by atoms with Crippen LogP contribution < -0.4 is 0 Å². The first-order valence-electron chi connectivity index (χ1n) is 7.34. The summed E-state index contributed by atoms with van der Waals surface area (Å²) in [4.78, 5) is 27.1. The van der Waals surface area contributed by atoms with Crippen molar-refractivity contribution < 1.29 is 14.7 Å². The fourth-order valence-corrected chi connectivity index (χ4v) is 2.85. The van der Waals surface area contributed by atoms with E-state index in [0.717, 1.165) is 6.42 Å². The molecular formula is C15H28N2O3. The average Bonchev–Trinajstić information content (AvgIpc) is 2.28. The summed E-state index contributed by atoms with van der Waals surface area (Å²) in [6.07, 6.45) is 1.11. The lowest BCUT2D eigenvalue weighted by molar-refractivity contribution is -0.139. The number of aliphatic carboxylic acids is 1. The zero-order valence-electron chi connectivity index (χ0n) is 13.5. The van der Waals surface area contributed by atoms with Crippen LogP contribution in [0.25, 0.3) is 0 Å². The first-order chi connectivity index (χ1) is 9.04.